The van der Waals surface area contributed by atoms with Crippen LogP contribution in [0.1, 0.15) is 136 Å². The molecule has 4 aliphatic rings. The predicted octanol–water partition coefficient (Wildman–Crippen LogP) is 9.44. The van der Waals surface area contributed by atoms with E-state index in [2.05, 4.69) is 0 Å². The largest absolute Gasteiger partial charge is 0.471 e. The number of amides is 2. The Kier molecular flexibility index (Phi) is 20.7. The lowest BCUT2D eigenvalue weighted by atomic mass is 9.89. The van der Waals surface area contributed by atoms with Crippen LogP contribution in [-0.2, 0) is 69.8 Å². The highest BCUT2D eigenvalue weighted by molar-refractivity contribution is 7.46. The van der Waals surface area contributed by atoms with E-state index in [4.69, 9.17) is 38.0 Å². The smallest absolute Gasteiger partial charge is 0.469 e. The number of anilines is 2. The lowest BCUT2D eigenvalue weighted by Crippen LogP contribution is -2.42. The third-order valence-electron chi connectivity index (χ3n) is 18.5. The van der Waals surface area contributed by atoms with E-state index in [9.17, 15) is 52.3 Å². The van der Waals surface area contributed by atoms with Crippen molar-refractivity contribution < 1.29 is 97.8 Å². The number of likely N-dealkylation sites (tertiary alicyclic amines) is 2. The highest BCUT2D eigenvalue weighted by atomic mass is 31.2. The standard InChI is InChI=1S/C61H73F5N8O16P2/c1-33(85-3)39(27-55(75)87-5)60(77)70-19-7-9-51(70)58-67-47-25-41(44(64)30-54(47)73(58)32-90-92(82,83)84)49-15-16-50(74(49)38-23-45(65)57(46(66)24-38)69-21-17-36(18-22-69)35-11-13-37(62)14-12-35)42-26-53-48(29-43(42)63)68-59(72(53)31-89-91(79,80)81)52-10-8-20-71(52)61(78)40(34(2)86-4)28-56(76)88-6/h11-14,23-26,29-30,33-34,36,39-40,49-52H,7-10,15-22,27-28,31-32H2,1-6H3,(H2,79,80,81)(H2,82,83,84)/t33-,34-,39+,40+,49-,50-,51+,52+/m1/s1. The molecule has 8 atom stereocenters. The number of carbonyl (C=O) groups is 4. The minimum absolute atomic E-state index is 0.0240. The quantitative estimate of drug-likeness (QED) is 0.0264. The molecule has 4 fully saturated rings. The minimum Gasteiger partial charge on any atom is -0.469 e. The number of piperidine rings is 1. The fraction of sp³-hybridized carbons (Fsp3) is 0.508. The van der Waals surface area contributed by atoms with Crippen LogP contribution in [0.3, 0.4) is 0 Å². The third kappa shape index (κ3) is 14.3. The number of halogens is 5. The fourth-order valence-electron chi connectivity index (χ4n) is 13.7. The molecule has 0 unspecified atom stereocenters. The first kappa shape index (κ1) is 68.0. The van der Waals surface area contributed by atoms with E-state index >= 15 is 17.6 Å². The number of methoxy groups -OCH3 is 4. The molecule has 4 aromatic carbocycles. The number of carbonyl (C=O) groups excluding carboxylic acids is 4. The van der Waals surface area contributed by atoms with Gasteiger partial charge in [-0.2, -0.15) is 0 Å². The van der Waals surface area contributed by atoms with Gasteiger partial charge in [-0.25, -0.2) is 41.1 Å². The number of ether oxygens (including phenoxy) is 4. The van der Waals surface area contributed by atoms with Gasteiger partial charge in [-0.15, -0.1) is 0 Å². The topological polar surface area (TPSA) is 287 Å². The summed E-state index contributed by atoms with van der Waals surface area (Å²) in [5, 5.41) is 0. The lowest BCUT2D eigenvalue weighted by molar-refractivity contribution is -0.151. The Morgan fingerprint density at radius 2 is 1.01 bits per heavy atom. The van der Waals surface area contributed by atoms with Crippen molar-refractivity contribution in [1.82, 2.24) is 28.9 Å². The molecule has 0 saturated carbocycles. The number of fused-ring (bicyclic) bond motifs is 2. The van der Waals surface area contributed by atoms with Crippen LogP contribution in [0.15, 0.2) is 60.7 Å². The summed E-state index contributed by atoms with van der Waals surface area (Å²) in [5.74, 6) is -8.68. The maximum absolute atomic E-state index is 17.6. The van der Waals surface area contributed by atoms with Crippen molar-refractivity contribution in [2.24, 2.45) is 11.8 Å². The first-order chi connectivity index (χ1) is 43.7. The maximum atomic E-state index is 17.6. The van der Waals surface area contributed by atoms with Crippen LogP contribution in [0.4, 0.5) is 33.3 Å². The number of phosphoric ester groups is 2. The van der Waals surface area contributed by atoms with Crippen molar-refractivity contribution in [3.8, 4) is 0 Å². The van der Waals surface area contributed by atoms with Gasteiger partial charge in [-0.3, -0.25) is 28.2 Å². The second kappa shape index (κ2) is 28.0. The Morgan fingerprint density at radius 3 is 1.47 bits per heavy atom. The minimum atomic E-state index is -5.25. The monoisotopic (exact) mass is 1330 g/mol. The third-order valence-corrected chi connectivity index (χ3v) is 19.4. The molecule has 10 rings (SSSR count). The fourth-order valence-corrected chi connectivity index (χ4v) is 14.2. The van der Waals surface area contributed by atoms with Gasteiger partial charge in [0.1, 0.15) is 48.2 Å². The van der Waals surface area contributed by atoms with E-state index in [1.807, 2.05) is 0 Å². The molecule has 0 radical (unpaired) electrons. The van der Waals surface area contributed by atoms with Crippen molar-refractivity contribution in [2.75, 3.05) is 64.4 Å². The van der Waals surface area contributed by atoms with E-state index in [0.29, 0.717) is 25.7 Å². The SMILES string of the molecule is COC(=O)C[C@H](C(=O)N1CCC[C@H]1c1nc2cc([C@H]3CC[C@H](c4cc5c(cc4F)nc([C@@H]4CCCN4C(=O)[C@@H](CC(=O)OC)[C@@H](C)OC)n5COP(=O)(O)O)N3c3cc(F)c(N4CCC(c5ccc(F)cc5)CC4)c(F)c3)c(F)cc2n1COP(=O)(O)O)[C@@H](C)OC. The molecule has 2 aromatic heterocycles. The number of hydrogen-bond donors (Lipinski definition) is 4. The first-order valence-corrected chi connectivity index (χ1v) is 33.2. The average molecular weight is 1330 g/mol. The van der Waals surface area contributed by atoms with E-state index in [1.165, 1.54) is 76.5 Å². The van der Waals surface area contributed by atoms with Gasteiger partial charge in [-0.05, 0) is 113 Å². The Balaban J connectivity index is 1.09. The van der Waals surface area contributed by atoms with E-state index < -0.39 is 130 Å². The summed E-state index contributed by atoms with van der Waals surface area (Å²) in [6.45, 7) is 2.22. The van der Waals surface area contributed by atoms with Crippen molar-refractivity contribution in [3.05, 3.63) is 118 Å². The van der Waals surface area contributed by atoms with Gasteiger partial charge in [0.2, 0.25) is 11.8 Å². The maximum Gasteiger partial charge on any atom is 0.471 e. The summed E-state index contributed by atoms with van der Waals surface area (Å²) in [7, 11) is -5.38. The molecule has 4 aliphatic heterocycles. The molecule has 4 N–H and O–H groups in total. The number of phosphoric acid groups is 2. The molecule has 31 heteroatoms. The molecule has 6 heterocycles. The summed E-state index contributed by atoms with van der Waals surface area (Å²) in [6.07, 6.45) is 0.000121. The van der Waals surface area contributed by atoms with E-state index in [-0.39, 0.29) is 127 Å². The van der Waals surface area contributed by atoms with Crippen molar-refractivity contribution in [1.29, 1.82) is 0 Å². The van der Waals surface area contributed by atoms with Crippen LogP contribution in [0, 0.1) is 40.9 Å². The zero-order valence-electron chi connectivity index (χ0n) is 51.3. The molecule has 6 aromatic rings. The normalized spacial score (nSPS) is 20.6. The molecule has 0 bridgehead atoms. The average Bonchev–Trinajstić information content (AvgIpc) is 1.63. The van der Waals surface area contributed by atoms with E-state index in [1.54, 1.807) is 30.9 Å². The van der Waals surface area contributed by atoms with Crippen LogP contribution in [0.5, 0.6) is 0 Å². The van der Waals surface area contributed by atoms with Crippen LogP contribution in [-0.4, -0.2) is 139 Å². The van der Waals surface area contributed by atoms with Crippen LogP contribution < -0.4 is 9.80 Å². The van der Waals surface area contributed by atoms with Crippen LogP contribution in [0.25, 0.3) is 22.1 Å². The Hall–Kier alpha value is -6.91. The van der Waals surface area contributed by atoms with E-state index in [0.717, 1.165) is 29.8 Å². The van der Waals surface area contributed by atoms with Gasteiger partial charge in [0.15, 0.2) is 11.6 Å². The first-order valence-electron chi connectivity index (χ1n) is 30.1. The number of imidazole rings is 2. The number of nitrogens with zero attached hydrogens (tertiary/aromatic N) is 8. The molecule has 2 amide bonds. The number of hydrogen-bond acceptors (Lipinski definition) is 16. The second-order valence-electron chi connectivity index (χ2n) is 23.6. The molecule has 0 aliphatic carbocycles. The molecule has 92 heavy (non-hydrogen) atoms. The second-order valence-corrected chi connectivity index (χ2v) is 26.1. The van der Waals surface area contributed by atoms with Gasteiger partial charge in [0.05, 0.1) is 97.3 Å². The highest BCUT2D eigenvalue weighted by Gasteiger charge is 2.45. The molecule has 4 saturated heterocycles. The van der Waals surface area contributed by atoms with Crippen molar-refractivity contribution in [3.63, 3.8) is 0 Å². The number of benzene rings is 4. The lowest BCUT2D eigenvalue weighted by Gasteiger charge is -2.36. The van der Waals surface area contributed by atoms with Gasteiger partial charge in [-0.1, -0.05) is 12.1 Å². The van der Waals surface area contributed by atoms with Gasteiger partial charge >= 0.3 is 27.6 Å². The molecular formula is C61H73F5N8O16P2. The molecular weight excluding hydrogens is 1260 g/mol. The summed E-state index contributed by atoms with van der Waals surface area (Å²) in [6, 6.07) is 8.74. The predicted molar refractivity (Wildman–Crippen MR) is 320 cm³/mol. The Morgan fingerprint density at radius 1 is 0.565 bits per heavy atom. The van der Waals surface area contributed by atoms with Crippen molar-refractivity contribution in [2.45, 2.75) is 134 Å². The molecule has 498 valence electrons. The Labute approximate surface area is 525 Å². The van der Waals surface area contributed by atoms with Crippen LogP contribution >= 0.6 is 15.6 Å². The Bertz CT molecular complexity index is 3820. The summed E-state index contributed by atoms with van der Waals surface area (Å²) >= 11 is 0. The van der Waals surface area contributed by atoms with Gasteiger partial charge in [0, 0.05) is 69.3 Å². The zero-order valence-corrected chi connectivity index (χ0v) is 53.1. The zero-order chi connectivity index (χ0) is 66.2. The van der Waals surface area contributed by atoms with Gasteiger partial charge in [0.25, 0.3) is 0 Å². The number of aromatic nitrogens is 4. The van der Waals surface area contributed by atoms with Crippen LogP contribution in [0.2, 0.25) is 0 Å². The summed E-state index contributed by atoms with van der Waals surface area (Å²) in [5.41, 5.74) is 0.116. The molecule has 24 nitrogen and oxygen atoms in total. The summed E-state index contributed by atoms with van der Waals surface area (Å²) < 4.78 is 141. The summed E-state index contributed by atoms with van der Waals surface area (Å²) in [4.78, 5) is 110. The highest BCUT2D eigenvalue weighted by Crippen LogP contribution is 2.51. The number of esters is 2. The number of rotatable bonds is 23. The van der Waals surface area contributed by atoms with Crippen molar-refractivity contribution >= 4 is 72.8 Å². The molecule has 0 spiro atoms. The van der Waals surface area contributed by atoms with Gasteiger partial charge < -0.3 is 67.3 Å².